The zero-order valence-corrected chi connectivity index (χ0v) is 15.9. The van der Waals surface area contributed by atoms with Crippen LogP contribution in [-0.2, 0) is 0 Å². The van der Waals surface area contributed by atoms with E-state index >= 15 is 0 Å². The number of nitrogens with one attached hydrogen (secondary N) is 1. The number of anilines is 2. The molecule has 2 aromatic carbocycles. The lowest BCUT2D eigenvalue weighted by molar-refractivity contribution is 0.0996. The van der Waals surface area contributed by atoms with Gasteiger partial charge in [-0.05, 0) is 48.2 Å². The van der Waals surface area contributed by atoms with Crippen LogP contribution < -0.4 is 10.2 Å². The van der Waals surface area contributed by atoms with E-state index in [1.165, 1.54) is 16.2 Å². The van der Waals surface area contributed by atoms with Crippen molar-refractivity contribution in [1.29, 1.82) is 0 Å². The zero-order valence-electron chi connectivity index (χ0n) is 14.3. The number of rotatable bonds is 4. The van der Waals surface area contributed by atoms with Gasteiger partial charge in [-0.3, -0.25) is 9.59 Å². The molecular weight excluding hydrogens is 368 g/mol. The number of nitrogens with zero attached hydrogens (tertiary/aromatic N) is 1. The summed E-state index contributed by atoms with van der Waals surface area (Å²) in [6, 6.07) is 15.9. The summed E-state index contributed by atoms with van der Waals surface area (Å²) < 4.78 is 0. The molecule has 0 fully saturated rings. The van der Waals surface area contributed by atoms with E-state index in [-0.39, 0.29) is 11.8 Å². The molecule has 0 aliphatic carbocycles. The molecule has 0 spiro atoms. The molecule has 3 rings (SSSR count). The van der Waals surface area contributed by atoms with Gasteiger partial charge < -0.3 is 10.2 Å². The van der Waals surface area contributed by atoms with Crippen LogP contribution in [0.15, 0.2) is 60.0 Å². The highest BCUT2D eigenvalue weighted by Crippen LogP contribution is 2.25. The largest absolute Gasteiger partial charge is 0.322 e. The van der Waals surface area contributed by atoms with Crippen molar-refractivity contribution in [2.75, 3.05) is 17.3 Å². The third kappa shape index (κ3) is 3.79. The summed E-state index contributed by atoms with van der Waals surface area (Å²) in [5, 5.41) is 5.27. The molecule has 1 N–H and O–H groups in total. The summed E-state index contributed by atoms with van der Waals surface area (Å²) in [6.07, 6.45) is 0. The number of para-hydroxylation sites is 1. The number of hydrogen-bond acceptors (Lipinski definition) is 3. The molecule has 0 radical (unpaired) electrons. The quantitative estimate of drug-likeness (QED) is 0.668. The molecule has 0 aliphatic heterocycles. The normalized spacial score (nSPS) is 10.4. The number of halogens is 1. The molecular formula is C20H17ClN2O2S. The van der Waals surface area contributed by atoms with Gasteiger partial charge in [0.2, 0.25) is 0 Å². The highest BCUT2D eigenvalue weighted by molar-refractivity contribution is 7.12. The lowest BCUT2D eigenvalue weighted by Gasteiger charge is -2.20. The summed E-state index contributed by atoms with van der Waals surface area (Å²) in [4.78, 5) is 27.5. The third-order valence-electron chi connectivity index (χ3n) is 3.98. The van der Waals surface area contributed by atoms with E-state index in [1.807, 2.05) is 24.4 Å². The second-order valence-electron chi connectivity index (χ2n) is 5.78. The molecule has 26 heavy (non-hydrogen) atoms. The molecule has 0 saturated heterocycles. The van der Waals surface area contributed by atoms with E-state index in [0.29, 0.717) is 26.8 Å². The fraction of sp³-hybridized carbons (Fsp3) is 0.100. The first-order valence-electron chi connectivity index (χ1n) is 7.95. The Hall–Kier alpha value is -2.63. The monoisotopic (exact) mass is 384 g/mol. The van der Waals surface area contributed by atoms with Gasteiger partial charge in [0.25, 0.3) is 11.8 Å². The van der Waals surface area contributed by atoms with Crippen molar-refractivity contribution in [3.8, 4) is 0 Å². The van der Waals surface area contributed by atoms with E-state index in [1.54, 1.807) is 49.5 Å². The highest BCUT2D eigenvalue weighted by atomic mass is 35.5. The Kier molecular flexibility index (Phi) is 5.40. The Morgan fingerprint density at radius 2 is 1.85 bits per heavy atom. The maximum Gasteiger partial charge on any atom is 0.268 e. The van der Waals surface area contributed by atoms with E-state index in [2.05, 4.69) is 5.32 Å². The summed E-state index contributed by atoms with van der Waals surface area (Å²) in [5.41, 5.74) is 2.50. The van der Waals surface area contributed by atoms with Gasteiger partial charge >= 0.3 is 0 Å². The Morgan fingerprint density at radius 1 is 1.08 bits per heavy atom. The van der Waals surface area contributed by atoms with E-state index in [9.17, 15) is 9.59 Å². The topological polar surface area (TPSA) is 49.4 Å². The maximum atomic E-state index is 12.8. The Morgan fingerprint density at radius 3 is 2.54 bits per heavy atom. The SMILES string of the molecule is Cc1ccc(NC(=O)c2ccccc2N(C)C(=O)c2cccs2)cc1Cl. The van der Waals surface area contributed by atoms with Gasteiger partial charge in [0.05, 0.1) is 16.1 Å². The van der Waals surface area contributed by atoms with Crippen LogP contribution in [0.25, 0.3) is 0 Å². The summed E-state index contributed by atoms with van der Waals surface area (Å²) in [5.74, 6) is -0.454. The van der Waals surface area contributed by atoms with Crippen molar-refractivity contribution >= 4 is 46.1 Å². The van der Waals surface area contributed by atoms with Crippen LogP contribution in [0.4, 0.5) is 11.4 Å². The van der Waals surface area contributed by atoms with Crippen LogP contribution in [0.3, 0.4) is 0 Å². The van der Waals surface area contributed by atoms with Crippen LogP contribution in [0.2, 0.25) is 5.02 Å². The Bertz CT molecular complexity index is 954. The lowest BCUT2D eigenvalue weighted by atomic mass is 10.1. The van der Waals surface area contributed by atoms with Gasteiger partial charge in [-0.25, -0.2) is 0 Å². The molecule has 1 aromatic heterocycles. The number of hydrogen-bond donors (Lipinski definition) is 1. The van der Waals surface area contributed by atoms with E-state index in [0.717, 1.165) is 5.56 Å². The van der Waals surface area contributed by atoms with Crippen LogP contribution in [-0.4, -0.2) is 18.9 Å². The minimum atomic E-state index is -0.300. The summed E-state index contributed by atoms with van der Waals surface area (Å²) in [7, 11) is 1.66. The zero-order chi connectivity index (χ0) is 18.7. The molecule has 0 bridgehead atoms. The second kappa shape index (κ2) is 7.72. The van der Waals surface area contributed by atoms with Crippen LogP contribution in [0.1, 0.15) is 25.6 Å². The lowest BCUT2D eigenvalue weighted by Crippen LogP contribution is -2.28. The van der Waals surface area contributed by atoms with Gasteiger partial charge in [0, 0.05) is 17.8 Å². The predicted molar refractivity (Wildman–Crippen MR) is 108 cm³/mol. The third-order valence-corrected chi connectivity index (χ3v) is 5.24. The molecule has 4 nitrogen and oxygen atoms in total. The number of benzene rings is 2. The number of amides is 2. The first-order chi connectivity index (χ1) is 12.5. The fourth-order valence-corrected chi connectivity index (χ4v) is 3.38. The number of carbonyl (C=O) groups excluding carboxylic acids is 2. The van der Waals surface area contributed by atoms with Crippen molar-refractivity contribution < 1.29 is 9.59 Å². The number of aryl methyl sites for hydroxylation is 1. The van der Waals surface area contributed by atoms with Crippen molar-refractivity contribution in [3.05, 3.63) is 81.0 Å². The second-order valence-corrected chi connectivity index (χ2v) is 7.13. The van der Waals surface area contributed by atoms with Crippen LogP contribution in [0, 0.1) is 6.92 Å². The van der Waals surface area contributed by atoms with Gasteiger partial charge in [0.1, 0.15) is 0 Å². The average Bonchev–Trinajstić information content (AvgIpc) is 3.18. The maximum absolute atomic E-state index is 12.8. The Balaban J connectivity index is 1.87. The highest BCUT2D eigenvalue weighted by Gasteiger charge is 2.20. The van der Waals surface area contributed by atoms with Crippen LogP contribution >= 0.6 is 22.9 Å². The molecule has 2 amide bonds. The molecule has 132 valence electrons. The first-order valence-corrected chi connectivity index (χ1v) is 9.21. The van der Waals surface area contributed by atoms with Crippen molar-refractivity contribution in [1.82, 2.24) is 0 Å². The van der Waals surface area contributed by atoms with E-state index in [4.69, 9.17) is 11.6 Å². The summed E-state index contributed by atoms with van der Waals surface area (Å²) >= 11 is 7.49. The molecule has 1 heterocycles. The minimum absolute atomic E-state index is 0.154. The van der Waals surface area contributed by atoms with Crippen molar-refractivity contribution in [3.63, 3.8) is 0 Å². The van der Waals surface area contributed by atoms with Gasteiger partial charge in [-0.1, -0.05) is 35.9 Å². The first kappa shape index (κ1) is 18.2. The molecule has 0 saturated carbocycles. The standard InChI is InChI=1S/C20H17ClN2O2S/c1-13-9-10-14(12-16(13)21)22-19(24)15-6-3-4-7-17(15)23(2)20(25)18-8-5-11-26-18/h3-12H,1-2H3,(H,22,24). The predicted octanol–water partition coefficient (Wildman–Crippen LogP) is 5.24. The Labute approximate surface area is 161 Å². The van der Waals surface area contributed by atoms with Gasteiger partial charge in [0.15, 0.2) is 0 Å². The number of thiophene rings is 1. The molecule has 6 heteroatoms. The smallest absolute Gasteiger partial charge is 0.268 e. The van der Waals surface area contributed by atoms with E-state index < -0.39 is 0 Å². The number of carbonyl (C=O) groups is 2. The molecule has 0 atom stereocenters. The fourth-order valence-electron chi connectivity index (χ4n) is 2.50. The average molecular weight is 385 g/mol. The minimum Gasteiger partial charge on any atom is -0.322 e. The molecule has 0 aliphatic rings. The van der Waals surface area contributed by atoms with Gasteiger partial charge in [-0.2, -0.15) is 0 Å². The van der Waals surface area contributed by atoms with Crippen molar-refractivity contribution in [2.24, 2.45) is 0 Å². The van der Waals surface area contributed by atoms with Crippen molar-refractivity contribution in [2.45, 2.75) is 6.92 Å². The molecule has 3 aromatic rings. The van der Waals surface area contributed by atoms with Gasteiger partial charge in [-0.15, -0.1) is 11.3 Å². The summed E-state index contributed by atoms with van der Waals surface area (Å²) in [6.45, 7) is 1.90. The van der Waals surface area contributed by atoms with Crippen LogP contribution in [0.5, 0.6) is 0 Å². The molecule has 0 unspecified atom stereocenters.